The second kappa shape index (κ2) is 46.3. The number of alkyl carbamates (subject to hydrolysis) is 1. The first-order valence-corrected chi connectivity index (χ1v) is 25.9. The molecule has 1 aliphatic carbocycles. The number of hydrogen-bond acceptors (Lipinski definition) is 15. The van der Waals surface area contributed by atoms with Crippen LogP contribution < -0.4 is 5.32 Å². The second-order valence-corrected chi connectivity index (χ2v) is 16.4. The van der Waals surface area contributed by atoms with E-state index in [-0.39, 0.29) is 12.5 Å². The summed E-state index contributed by atoms with van der Waals surface area (Å²) < 4.78 is 77.6. The van der Waals surface area contributed by atoms with Gasteiger partial charge >= 0.3 is 6.09 Å². The lowest BCUT2D eigenvalue weighted by Gasteiger charge is -2.14. The van der Waals surface area contributed by atoms with Gasteiger partial charge in [0.1, 0.15) is 6.61 Å². The van der Waals surface area contributed by atoms with E-state index >= 15 is 0 Å². The third kappa shape index (κ3) is 33.5. The van der Waals surface area contributed by atoms with Gasteiger partial charge < -0.3 is 71.6 Å². The van der Waals surface area contributed by atoms with E-state index in [9.17, 15) is 4.79 Å². The van der Waals surface area contributed by atoms with Crippen molar-refractivity contribution in [2.75, 3.05) is 185 Å². The Kier molecular flexibility index (Phi) is 40.6. The van der Waals surface area contributed by atoms with Crippen molar-refractivity contribution in [3.63, 3.8) is 0 Å². The summed E-state index contributed by atoms with van der Waals surface area (Å²) in [5, 5.41) is 2.75. The molecule has 0 spiro atoms. The van der Waals surface area contributed by atoms with Gasteiger partial charge in [0.15, 0.2) is 0 Å². The number of benzene rings is 2. The Morgan fingerprint density at radius 2 is 0.638 bits per heavy atom. The summed E-state index contributed by atoms with van der Waals surface area (Å²) in [5.74, 6) is 0.0342. The first-order chi connectivity index (χ1) is 34.3. The van der Waals surface area contributed by atoms with Gasteiger partial charge in [-0.3, -0.25) is 0 Å². The largest absolute Gasteiger partial charge is 0.449 e. The summed E-state index contributed by atoms with van der Waals surface area (Å²) in [5.41, 5.74) is 4.77. The van der Waals surface area contributed by atoms with Crippen LogP contribution in [0.25, 0.3) is 11.1 Å². The third-order valence-electron chi connectivity index (χ3n) is 11.0. The number of rotatable bonds is 52. The highest BCUT2D eigenvalue weighted by molar-refractivity contribution is 5.79. The van der Waals surface area contributed by atoms with Crippen LogP contribution >= 0.6 is 0 Å². The highest BCUT2D eigenvalue weighted by Crippen LogP contribution is 2.44. The predicted octanol–water partition coefficient (Wildman–Crippen LogP) is 7.66. The zero-order chi connectivity index (χ0) is 48.6. The van der Waals surface area contributed by atoms with Crippen molar-refractivity contribution in [1.29, 1.82) is 0 Å². The Labute approximate surface area is 414 Å². The zero-order valence-electron chi connectivity index (χ0n) is 42.2. The SMILES string of the molecule is CCCCCCCCCCCCOCCOCCOCCOCCOCCOCCOCCOCCOCCOCCOCCOCCOCCNC(=O)OCC1c2ccccc2-c2ccccc21. The number of amides is 1. The van der Waals surface area contributed by atoms with Crippen molar-refractivity contribution in [1.82, 2.24) is 5.32 Å². The van der Waals surface area contributed by atoms with Gasteiger partial charge in [-0.1, -0.05) is 113 Å². The summed E-state index contributed by atoms with van der Waals surface area (Å²) in [4.78, 5) is 12.3. The van der Waals surface area contributed by atoms with Gasteiger partial charge in [0.25, 0.3) is 0 Å². The highest BCUT2D eigenvalue weighted by atomic mass is 16.6. The molecule has 0 aliphatic heterocycles. The molecule has 16 heteroatoms. The van der Waals surface area contributed by atoms with E-state index in [1.165, 1.54) is 80.0 Å². The van der Waals surface area contributed by atoms with Crippen LogP contribution in [0.5, 0.6) is 0 Å². The first-order valence-electron chi connectivity index (χ1n) is 25.9. The molecular formula is C53H89NO15. The highest BCUT2D eigenvalue weighted by Gasteiger charge is 2.29. The minimum Gasteiger partial charge on any atom is -0.449 e. The van der Waals surface area contributed by atoms with E-state index < -0.39 is 6.09 Å². The van der Waals surface area contributed by atoms with Gasteiger partial charge in [-0.05, 0) is 28.7 Å². The fourth-order valence-electron chi connectivity index (χ4n) is 7.31. The molecule has 0 bridgehead atoms. The molecule has 1 amide bonds. The number of nitrogens with one attached hydrogen (secondary N) is 1. The van der Waals surface area contributed by atoms with Gasteiger partial charge in [-0.15, -0.1) is 0 Å². The molecule has 0 aromatic heterocycles. The van der Waals surface area contributed by atoms with E-state index in [1.54, 1.807) is 0 Å². The molecule has 3 rings (SSSR count). The quantitative estimate of drug-likeness (QED) is 0.0644. The summed E-state index contributed by atoms with van der Waals surface area (Å²) in [6.07, 6.45) is 12.9. The summed E-state index contributed by atoms with van der Waals surface area (Å²) in [7, 11) is 0. The van der Waals surface area contributed by atoms with E-state index in [0.29, 0.717) is 172 Å². The fraction of sp³-hybridized carbons (Fsp3) is 0.755. The topological polar surface area (TPSA) is 158 Å². The lowest BCUT2D eigenvalue weighted by molar-refractivity contribution is -0.0290. The average molecular weight is 980 g/mol. The van der Waals surface area contributed by atoms with Crippen LogP contribution in [0, 0.1) is 0 Å². The lowest BCUT2D eigenvalue weighted by Crippen LogP contribution is -2.29. The minimum atomic E-state index is -0.453. The van der Waals surface area contributed by atoms with Crippen LogP contribution in [0.2, 0.25) is 0 Å². The van der Waals surface area contributed by atoms with Gasteiger partial charge in [0, 0.05) is 19.1 Å². The molecule has 0 atom stereocenters. The number of carbonyl (C=O) groups is 1. The van der Waals surface area contributed by atoms with Crippen LogP contribution in [0.1, 0.15) is 88.2 Å². The van der Waals surface area contributed by atoms with Crippen molar-refractivity contribution >= 4 is 6.09 Å². The molecule has 2 aromatic carbocycles. The molecule has 69 heavy (non-hydrogen) atoms. The molecular weight excluding hydrogens is 891 g/mol. The molecule has 1 N–H and O–H groups in total. The Hall–Kier alpha value is -2.81. The Morgan fingerprint density at radius 3 is 0.971 bits per heavy atom. The van der Waals surface area contributed by atoms with Crippen molar-refractivity contribution in [2.24, 2.45) is 0 Å². The number of hydrogen-bond donors (Lipinski definition) is 1. The molecule has 396 valence electrons. The molecule has 0 saturated carbocycles. The fourth-order valence-corrected chi connectivity index (χ4v) is 7.31. The molecule has 0 saturated heterocycles. The summed E-state index contributed by atoms with van der Waals surface area (Å²) in [6, 6.07) is 16.5. The Balaban J connectivity index is 0.889. The van der Waals surface area contributed by atoms with E-state index in [2.05, 4.69) is 36.5 Å². The summed E-state index contributed by atoms with van der Waals surface area (Å²) in [6.45, 7) is 16.3. The van der Waals surface area contributed by atoms with Crippen molar-refractivity contribution in [3.05, 3.63) is 59.7 Å². The van der Waals surface area contributed by atoms with Crippen molar-refractivity contribution < 1.29 is 71.1 Å². The predicted molar refractivity (Wildman–Crippen MR) is 266 cm³/mol. The second-order valence-electron chi connectivity index (χ2n) is 16.4. The molecule has 0 heterocycles. The van der Waals surface area contributed by atoms with Crippen molar-refractivity contribution in [2.45, 2.75) is 77.0 Å². The molecule has 0 fully saturated rings. The van der Waals surface area contributed by atoms with Crippen LogP contribution in [0.3, 0.4) is 0 Å². The summed E-state index contributed by atoms with van der Waals surface area (Å²) >= 11 is 0. The molecule has 0 unspecified atom stereocenters. The van der Waals surface area contributed by atoms with Gasteiger partial charge in [-0.25, -0.2) is 4.79 Å². The normalized spacial score (nSPS) is 12.2. The average Bonchev–Trinajstić information content (AvgIpc) is 3.69. The number of fused-ring (bicyclic) bond motifs is 3. The van der Waals surface area contributed by atoms with Crippen LogP contribution in [0.4, 0.5) is 4.79 Å². The van der Waals surface area contributed by atoms with E-state index in [4.69, 9.17) is 66.3 Å². The standard InChI is InChI=1S/C53H89NO15/c1-2-3-4-5-6-7-8-9-10-15-21-56-23-25-58-27-29-60-31-33-62-35-37-64-39-41-66-43-45-68-46-44-67-42-40-65-38-36-63-34-32-61-30-28-59-26-24-57-22-20-54-53(55)69-47-52-50-18-13-11-16-48(50)49-17-12-14-19-51(49)52/h11-14,16-19,52H,2-10,15,20-47H2,1H3,(H,54,55). The number of ether oxygens (including phenoxy) is 14. The lowest BCUT2D eigenvalue weighted by atomic mass is 9.98. The minimum absolute atomic E-state index is 0.0342. The maximum absolute atomic E-state index is 12.3. The Morgan fingerprint density at radius 1 is 0.362 bits per heavy atom. The maximum Gasteiger partial charge on any atom is 0.407 e. The number of unbranched alkanes of at least 4 members (excludes halogenated alkanes) is 9. The number of carbonyl (C=O) groups excluding carboxylic acids is 1. The molecule has 2 aromatic rings. The van der Waals surface area contributed by atoms with Gasteiger partial charge in [-0.2, -0.15) is 0 Å². The zero-order valence-corrected chi connectivity index (χ0v) is 42.2. The Bertz CT molecular complexity index is 1400. The van der Waals surface area contributed by atoms with Crippen LogP contribution in [-0.2, 0) is 66.3 Å². The maximum atomic E-state index is 12.3. The van der Waals surface area contributed by atoms with Crippen LogP contribution in [0.15, 0.2) is 48.5 Å². The van der Waals surface area contributed by atoms with E-state index in [0.717, 1.165) is 13.0 Å². The van der Waals surface area contributed by atoms with Gasteiger partial charge in [0.05, 0.1) is 165 Å². The van der Waals surface area contributed by atoms with Crippen molar-refractivity contribution in [3.8, 4) is 11.1 Å². The first kappa shape index (κ1) is 60.5. The molecule has 1 aliphatic rings. The monoisotopic (exact) mass is 980 g/mol. The third-order valence-corrected chi connectivity index (χ3v) is 11.0. The molecule has 0 radical (unpaired) electrons. The van der Waals surface area contributed by atoms with E-state index in [1.807, 2.05) is 24.3 Å². The smallest absolute Gasteiger partial charge is 0.407 e. The molecule has 16 nitrogen and oxygen atoms in total. The van der Waals surface area contributed by atoms with Crippen LogP contribution in [-0.4, -0.2) is 191 Å². The van der Waals surface area contributed by atoms with Gasteiger partial charge in [0.2, 0.25) is 0 Å².